The molecule has 82 valence electrons. The Morgan fingerprint density at radius 2 is 1.50 bits per heavy atom. The van der Waals surface area contributed by atoms with Crippen LogP contribution in [0.3, 0.4) is 0 Å². The van der Waals surface area contributed by atoms with Gasteiger partial charge in [-0.2, -0.15) is 0 Å². The maximum atomic E-state index is 10.1. The van der Waals surface area contributed by atoms with Crippen molar-refractivity contribution in [2.75, 3.05) is 11.5 Å². The van der Waals surface area contributed by atoms with Crippen molar-refractivity contribution < 1.29 is 5.11 Å². The maximum absolute atomic E-state index is 10.1. The molecule has 0 bridgehead atoms. The third kappa shape index (κ3) is 2.15. The summed E-state index contributed by atoms with van der Waals surface area (Å²) < 4.78 is 0. The molecular formula is C13H14N2O. The van der Waals surface area contributed by atoms with Crippen molar-refractivity contribution >= 4 is 11.4 Å². The quantitative estimate of drug-likeness (QED) is 0.669. The molecule has 0 saturated carbocycles. The van der Waals surface area contributed by atoms with Crippen LogP contribution in [0.15, 0.2) is 48.5 Å². The van der Waals surface area contributed by atoms with Crippen molar-refractivity contribution in [3.05, 3.63) is 59.7 Å². The van der Waals surface area contributed by atoms with E-state index in [0.717, 1.165) is 11.1 Å². The van der Waals surface area contributed by atoms with Gasteiger partial charge in [0, 0.05) is 11.4 Å². The van der Waals surface area contributed by atoms with Crippen molar-refractivity contribution in [1.82, 2.24) is 0 Å². The van der Waals surface area contributed by atoms with Crippen LogP contribution in [0.2, 0.25) is 0 Å². The molecule has 16 heavy (non-hydrogen) atoms. The molecule has 0 aromatic heterocycles. The van der Waals surface area contributed by atoms with Gasteiger partial charge in [-0.05, 0) is 35.4 Å². The average molecular weight is 214 g/mol. The van der Waals surface area contributed by atoms with Crippen LogP contribution in [-0.2, 0) is 0 Å². The number of rotatable bonds is 2. The van der Waals surface area contributed by atoms with Crippen molar-refractivity contribution in [2.24, 2.45) is 0 Å². The van der Waals surface area contributed by atoms with Gasteiger partial charge in [0.25, 0.3) is 0 Å². The van der Waals surface area contributed by atoms with Crippen LogP contribution in [-0.4, -0.2) is 5.11 Å². The minimum Gasteiger partial charge on any atom is -0.399 e. The summed E-state index contributed by atoms with van der Waals surface area (Å²) in [6.45, 7) is 0. The highest BCUT2D eigenvalue weighted by Crippen LogP contribution is 2.23. The molecule has 0 fully saturated rings. The molecule has 2 aromatic rings. The summed E-state index contributed by atoms with van der Waals surface area (Å²) in [5.41, 5.74) is 14.2. The van der Waals surface area contributed by atoms with E-state index in [2.05, 4.69) is 0 Å². The van der Waals surface area contributed by atoms with Crippen molar-refractivity contribution in [2.45, 2.75) is 6.10 Å². The zero-order valence-corrected chi connectivity index (χ0v) is 8.80. The second-order valence-corrected chi connectivity index (χ2v) is 3.74. The highest BCUT2D eigenvalue weighted by atomic mass is 16.3. The molecule has 3 heteroatoms. The van der Waals surface area contributed by atoms with E-state index in [-0.39, 0.29) is 0 Å². The number of benzene rings is 2. The topological polar surface area (TPSA) is 72.3 Å². The van der Waals surface area contributed by atoms with E-state index in [1.165, 1.54) is 0 Å². The van der Waals surface area contributed by atoms with Gasteiger partial charge in [-0.25, -0.2) is 0 Å². The minimum atomic E-state index is -0.663. The van der Waals surface area contributed by atoms with E-state index in [1.807, 2.05) is 24.3 Å². The predicted molar refractivity (Wildman–Crippen MR) is 65.8 cm³/mol. The van der Waals surface area contributed by atoms with Crippen LogP contribution in [0.1, 0.15) is 17.2 Å². The first-order chi connectivity index (χ1) is 7.66. The number of hydrogen-bond donors (Lipinski definition) is 3. The van der Waals surface area contributed by atoms with E-state index in [9.17, 15) is 5.11 Å². The summed E-state index contributed by atoms with van der Waals surface area (Å²) >= 11 is 0. The maximum Gasteiger partial charge on any atom is 0.104 e. The first-order valence-electron chi connectivity index (χ1n) is 5.06. The Kier molecular flexibility index (Phi) is 2.79. The van der Waals surface area contributed by atoms with Gasteiger partial charge in [-0.1, -0.05) is 24.3 Å². The summed E-state index contributed by atoms with van der Waals surface area (Å²) in [5.74, 6) is 0. The van der Waals surface area contributed by atoms with Crippen molar-refractivity contribution in [1.29, 1.82) is 0 Å². The van der Waals surface area contributed by atoms with E-state index in [1.54, 1.807) is 24.3 Å². The van der Waals surface area contributed by atoms with Crippen LogP contribution in [0, 0.1) is 0 Å². The molecule has 0 radical (unpaired) electrons. The summed E-state index contributed by atoms with van der Waals surface area (Å²) in [7, 11) is 0. The fourth-order valence-electron chi connectivity index (χ4n) is 1.60. The van der Waals surface area contributed by atoms with E-state index >= 15 is 0 Å². The lowest BCUT2D eigenvalue weighted by Crippen LogP contribution is -2.00. The van der Waals surface area contributed by atoms with Crippen LogP contribution in [0.5, 0.6) is 0 Å². The molecule has 0 saturated heterocycles. The largest absolute Gasteiger partial charge is 0.399 e. The molecule has 2 rings (SSSR count). The van der Waals surface area contributed by atoms with Gasteiger partial charge >= 0.3 is 0 Å². The Labute approximate surface area is 94.3 Å². The molecule has 0 aliphatic carbocycles. The van der Waals surface area contributed by atoms with Gasteiger partial charge in [0.1, 0.15) is 6.10 Å². The van der Waals surface area contributed by atoms with Gasteiger partial charge in [-0.15, -0.1) is 0 Å². The summed E-state index contributed by atoms with van der Waals surface area (Å²) in [5, 5.41) is 10.1. The zero-order chi connectivity index (χ0) is 11.5. The Hall–Kier alpha value is -2.00. The Morgan fingerprint density at radius 3 is 2.12 bits per heavy atom. The SMILES string of the molecule is Nc1ccc(C(O)c2cccc(N)c2)cc1. The number of hydrogen-bond acceptors (Lipinski definition) is 3. The fourth-order valence-corrected chi connectivity index (χ4v) is 1.60. The second kappa shape index (κ2) is 4.24. The normalized spacial score (nSPS) is 12.3. The molecule has 0 aliphatic rings. The number of aliphatic hydroxyl groups is 1. The molecule has 1 atom stereocenters. The smallest absolute Gasteiger partial charge is 0.104 e. The third-order valence-electron chi connectivity index (χ3n) is 2.48. The lowest BCUT2D eigenvalue weighted by atomic mass is 10.0. The van der Waals surface area contributed by atoms with Gasteiger partial charge in [0.05, 0.1) is 0 Å². The zero-order valence-electron chi connectivity index (χ0n) is 8.80. The number of nitrogen functional groups attached to an aromatic ring is 2. The standard InChI is InChI=1S/C13H14N2O/c14-11-6-4-9(5-7-11)13(16)10-2-1-3-12(15)8-10/h1-8,13,16H,14-15H2. The summed E-state index contributed by atoms with van der Waals surface area (Å²) in [6.07, 6.45) is -0.663. The van der Waals surface area contributed by atoms with Gasteiger partial charge in [0.15, 0.2) is 0 Å². The Balaban J connectivity index is 2.31. The number of aliphatic hydroxyl groups excluding tert-OH is 1. The first kappa shape index (κ1) is 10.5. The van der Waals surface area contributed by atoms with Crippen LogP contribution < -0.4 is 11.5 Å². The first-order valence-corrected chi connectivity index (χ1v) is 5.06. The number of anilines is 2. The third-order valence-corrected chi connectivity index (χ3v) is 2.48. The molecular weight excluding hydrogens is 200 g/mol. The molecule has 0 aliphatic heterocycles. The molecule has 0 amide bonds. The van der Waals surface area contributed by atoms with Gasteiger partial charge in [-0.3, -0.25) is 0 Å². The molecule has 3 nitrogen and oxygen atoms in total. The fraction of sp³-hybridized carbons (Fsp3) is 0.0769. The van der Waals surface area contributed by atoms with E-state index in [4.69, 9.17) is 11.5 Å². The van der Waals surface area contributed by atoms with Crippen LogP contribution >= 0.6 is 0 Å². The predicted octanol–water partition coefficient (Wildman–Crippen LogP) is 1.93. The Bertz CT molecular complexity index is 480. The molecule has 5 N–H and O–H groups in total. The minimum absolute atomic E-state index is 0.645. The average Bonchev–Trinajstić information content (AvgIpc) is 2.29. The Morgan fingerprint density at radius 1 is 0.812 bits per heavy atom. The molecule has 1 unspecified atom stereocenters. The monoisotopic (exact) mass is 214 g/mol. The second-order valence-electron chi connectivity index (χ2n) is 3.74. The summed E-state index contributed by atoms with van der Waals surface area (Å²) in [6, 6.07) is 14.4. The van der Waals surface area contributed by atoms with E-state index in [0.29, 0.717) is 11.4 Å². The summed E-state index contributed by atoms with van der Waals surface area (Å²) in [4.78, 5) is 0. The van der Waals surface area contributed by atoms with Crippen LogP contribution in [0.25, 0.3) is 0 Å². The molecule has 0 spiro atoms. The van der Waals surface area contributed by atoms with Crippen LogP contribution in [0.4, 0.5) is 11.4 Å². The molecule has 2 aromatic carbocycles. The molecule has 0 heterocycles. The lowest BCUT2D eigenvalue weighted by molar-refractivity contribution is 0.220. The highest BCUT2D eigenvalue weighted by molar-refractivity contribution is 5.45. The van der Waals surface area contributed by atoms with E-state index < -0.39 is 6.10 Å². The number of nitrogens with two attached hydrogens (primary N) is 2. The highest BCUT2D eigenvalue weighted by Gasteiger charge is 2.09. The van der Waals surface area contributed by atoms with Crippen molar-refractivity contribution in [3.8, 4) is 0 Å². The van der Waals surface area contributed by atoms with Gasteiger partial charge < -0.3 is 16.6 Å². The lowest BCUT2D eigenvalue weighted by Gasteiger charge is -2.12. The van der Waals surface area contributed by atoms with Gasteiger partial charge in [0.2, 0.25) is 0 Å². The van der Waals surface area contributed by atoms with Crippen molar-refractivity contribution in [3.63, 3.8) is 0 Å².